The lowest BCUT2D eigenvalue weighted by Gasteiger charge is -2.34. The Morgan fingerprint density at radius 2 is 1.69 bits per heavy atom. The van der Waals surface area contributed by atoms with Gasteiger partial charge in [-0.15, -0.1) is 0 Å². The molecule has 0 saturated carbocycles. The third-order valence-electron chi connectivity index (χ3n) is 3.69. The molecule has 0 aromatic carbocycles. The summed E-state index contributed by atoms with van der Waals surface area (Å²) in [4.78, 5) is 9.51. The maximum Gasteiger partial charge on any atom is 0.0658 e. The normalized spacial score (nSPS) is 20.7. The molecule has 1 atom stereocenters. The summed E-state index contributed by atoms with van der Waals surface area (Å²) in [6, 6.07) is 0. The van der Waals surface area contributed by atoms with Crippen LogP contribution in [0.5, 0.6) is 0 Å². The molecule has 2 heteroatoms. The van der Waals surface area contributed by atoms with Crippen molar-refractivity contribution in [2.24, 2.45) is 5.41 Å². The van der Waals surface area contributed by atoms with E-state index in [1.54, 1.807) is 0 Å². The molecular weight excluding hydrogens is 196 g/mol. The van der Waals surface area contributed by atoms with Crippen molar-refractivity contribution in [2.75, 3.05) is 0 Å². The van der Waals surface area contributed by atoms with Crippen molar-refractivity contribution in [1.82, 2.24) is 9.97 Å². The van der Waals surface area contributed by atoms with E-state index in [0.29, 0.717) is 11.3 Å². The molecule has 1 unspecified atom stereocenters. The van der Waals surface area contributed by atoms with Gasteiger partial charge in [-0.2, -0.15) is 0 Å². The number of aromatic nitrogens is 2. The number of aryl methyl sites for hydroxylation is 3. The Morgan fingerprint density at radius 1 is 1.06 bits per heavy atom. The van der Waals surface area contributed by atoms with E-state index in [-0.39, 0.29) is 0 Å². The summed E-state index contributed by atoms with van der Waals surface area (Å²) in [5.74, 6) is 0.572. The van der Waals surface area contributed by atoms with Crippen LogP contribution < -0.4 is 0 Å². The van der Waals surface area contributed by atoms with Crippen molar-refractivity contribution in [3.8, 4) is 0 Å². The Morgan fingerprint density at radius 3 is 2.31 bits per heavy atom. The van der Waals surface area contributed by atoms with Gasteiger partial charge in [-0.05, 0) is 38.5 Å². The van der Waals surface area contributed by atoms with E-state index < -0.39 is 0 Å². The Labute approximate surface area is 98.5 Å². The topological polar surface area (TPSA) is 25.8 Å². The SMILES string of the molecule is Cc1nc2c(nc1C)C(C(C)(C)C)CCC2. The fourth-order valence-corrected chi connectivity index (χ4v) is 2.58. The van der Waals surface area contributed by atoms with E-state index in [9.17, 15) is 0 Å². The van der Waals surface area contributed by atoms with Gasteiger partial charge in [0.05, 0.1) is 22.8 Å². The van der Waals surface area contributed by atoms with Crippen LogP contribution >= 0.6 is 0 Å². The highest BCUT2D eigenvalue weighted by molar-refractivity contribution is 5.25. The Bertz CT molecular complexity index is 402. The average Bonchev–Trinajstić information content (AvgIpc) is 2.17. The summed E-state index contributed by atoms with van der Waals surface area (Å²) in [6.07, 6.45) is 3.62. The fraction of sp³-hybridized carbons (Fsp3) is 0.714. The summed E-state index contributed by atoms with van der Waals surface area (Å²) in [5, 5.41) is 0. The molecule has 2 nitrogen and oxygen atoms in total. The lowest BCUT2D eigenvalue weighted by molar-refractivity contribution is 0.281. The highest BCUT2D eigenvalue weighted by Crippen LogP contribution is 2.42. The summed E-state index contributed by atoms with van der Waals surface area (Å²) >= 11 is 0. The monoisotopic (exact) mass is 218 g/mol. The van der Waals surface area contributed by atoms with E-state index in [0.717, 1.165) is 17.8 Å². The van der Waals surface area contributed by atoms with Gasteiger partial charge in [0.2, 0.25) is 0 Å². The van der Waals surface area contributed by atoms with Crippen molar-refractivity contribution >= 4 is 0 Å². The number of hydrogen-bond acceptors (Lipinski definition) is 2. The zero-order chi connectivity index (χ0) is 11.9. The lowest BCUT2D eigenvalue weighted by atomic mass is 9.72. The van der Waals surface area contributed by atoms with Crippen molar-refractivity contribution in [1.29, 1.82) is 0 Å². The van der Waals surface area contributed by atoms with Crippen LogP contribution in [0.3, 0.4) is 0 Å². The molecule has 88 valence electrons. The van der Waals surface area contributed by atoms with Gasteiger partial charge in [-0.1, -0.05) is 20.8 Å². The third kappa shape index (κ3) is 1.98. The van der Waals surface area contributed by atoms with Gasteiger partial charge in [0.15, 0.2) is 0 Å². The molecule has 1 heterocycles. The van der Waals surface area contributed by atoms with Crippen LogP contribution in [0.15, 0.2) is 0 Å². The van der Waals surface area contributed by atoms with Gasteiger partial charge >= 0.3 is 0 Å². The first-order valence-corrected chi connectivity index (χ1v) is 6.23. The minimum absolute atomic E-state index is 0.297. The Kier molecular flexibility index (Phi) is 2.77. The van der Waals surface area contributed by atoms with Crippen LogP contribution in [-0.2, 0) is 6.42 Å². The molecule has 0 N–H and O–H groups in total. The molecule has 0 saturated heterocycles. The molecule has 1 aromatic heterocycles. The summed E-state index contributed by atoms with van der Waals surface area (Å²) in [7, 11) is 0. The van der Waals surface area contributed by atoms with Gasteiger partial charge in [-0.3, -0.25) is 9.97 Å². The maximum absolute atomic E-state index is 4.80. The first kappa shape index (κ1) is 11.6. The summed E-state index contributed by atoms with van der Waals surface area (Å²) in [6.45, 7) is 11.1. The molecule has 0 radical (unpaired) electrons. The fourth-order valence-electron chi connectivity index (χ4n) is 2.58. The lowest BCUT2D eigenvalue weighted by Crippen LogP contribution is -2.25. The van der Waals surface area contributed by atoms with Gasteiger partial charge in [0.25, 0.3) is 0 Å². The number of nitrogens with zero attached hydrogens (tertiary/aromatic N) is 2. The van der Waals surface area contributed by atoms with Crippen molar-refractivity contribution in [3.63, 3.8) is 0 Å². The van der Waals surface area contributed by atoms with Crippen LogP contribution in [0, 0.1) is 19.3 Å². The predicted molar refractivity (Wildman–Crippen MR) is 66.6 cm³/mol. The zero-order valence-electron chi connectivity index (χ0n) is 11.1. The average molecular weight is 218 g/mol. The van der Waals surface area contributed by atoms with Crippen molar-refractivity contribution in [2.45, 2.75) is 59.8 Å². The predicted octanol–water partition coefficient (Wildman–Crippen LogP) is 3.56. The van der Waals surface area contributed by atoms with Crippen LogP contribution in [0.1, 0.15) is 62.3 Å². The second kappa shape index (κ2) is 3.83. The third-order valence-corrected chi connectivity index (χ3v) is 3.69. The minimum Gasteiger partial charge on any atom is -0.254 e. The van der Waals surface area contributed by atoms with Crippen LogP contribution in [0.25, 0.3) is 0 Å². The highest BCUT2D eigenvalue weighted by atomic mass is 14.9. The molecule has 0 aliphatic heterocycles. The molecule has 1 aromatic rings. The molecular formula is C14H22N2. The van der Waals surface area contributed by atoms with Gasteiger partial charge in [0, 0.05) is 5.92 Å². The van der Waals surface area contributed by atoms with E-state index in [4.69, 9.17) is 9.97 Å². The van der Waals surface area contributed by atoms with Crippen molar-refractivity contribution < 1.29 is 0 Å². The van der Waals surface area contributed by atoms with Crippen LogP contribution in [-0.4, -0.2) is 9.97 Å². The molecule has 0 bridgehead atoms. The van der Waals surface area contributed by atoms with Gasteiger partial charge in [0.1, 0.15) is 0 Å². The first-order chi connectivity index (χ1) is 7.39. The number of fused-ring (bicyclic) bond motifs is 1. The molecule has 16 heavy (non-hydrogen) atoms. The molecule has 0 amide bonds. The van der Waals surface area contributed by atoms with Crippen molar-refractivity contribution in [3.05, 3.63) is 22.8 Å². The van der Waals surface area contributed by atoms with E-state index in [2.05, 4.69) is 34.6 Å². The second-order valence-corrected chi connectivity index (χ2v) is 6.04. The highest BCUT2D eigenvalue weighted by Gasteiger charge is 2.32. The largest absolute Gasteiger partial charge is 0.254 e. The summed E-state index contributed by atoms with van der Waals surface area (Å²) < 4.78 is 0. The minimum atomic E-state index is 0.297. The smallest absolute Gasteiger partial charge is 0.0658 e. The molecule has 1 aliphatic carbocycles. The second-order valence-electron chi connectivity index (χ2n) is 6.04. The first-order valence-electron chi connectivity index (χ1n) is 6.23. The van der Waals surface area contributed by atoms with Gasteiger partial charge < -0.3 is 0 Å². The standard InChI is InChI=1S/C14H22N2/c1-9-10(2)16-13-11(14(3,4)5)7-6-8-12(13)15-9/h11H,6-8H2,1-5H3. The number of rotatable bonds is 0. The Hall–Kier alpha value is -0.920. The Balaban J connectivity index is 2.50. The molecule has 0 spiro atoms. The molecule has 0 fully saturated rings. The van der Waals surface area contributed by atoms with Gasteiger partial charge in [-0.25, -0.2) is 0 Å². The maximum atomic E-state index is 4.80. The molecule has 2 rings (SSSR count). The van der Waals surface area contributed by atoms with Crippen LogP contribution in [0.2, 0.25) is 0 Å². The van der Waals surface area contributed by atoms with Crippen LogP contribution in [0.4, 0.5) is 0 Å². The zero-order valence-corrected chi connectivity index (χ0v) is 11.1. The quantitative estimate of drug-likeness (QED) is 0.665. The van der Waals surface area contributed by atoms with E-state index in [1.807, 2.05) is 0 Å². The number of hydrogen-bond donors (Lipinski definition) is 0. The van der Waals surface area contributed by atoms with E-state index in [1.165, 1.54) is 24.2 Å². The summed E-state index contributed by atoms with van der Waals surface area (Å²) in [5.41, 5.74) is 4.99. The molecule has 1 aliphatic rings. The van der Waals surface area contributed by atoms with E-state index >= 15 is 0 Å².